The fourth-order valence-corrected chi connectivity index (χ4v) is 6.70. The lowest BCUT2D eigenvalue weighted by Crippen LogP contribution is -2.62. The molecular weight excluding hydrogens is 449 g/mol. The highest BCUT2D eigenvalue weighted by atomic mass is 32.1. The molecule has 1 aromatic heterocycles. The van der Waals surface area contributed by atoms with E-state index < -0.39 is 0 Å². The second kappa shape index (κ2) is 8.78. The van der Waals surface area contributed by atoms with E-state index in [0.717, 1.165) is 51.9 Å². The normalized spacial score (nSPS) is 21.0. The number of halogens is 1. The number of hydrogen-bond donors (Lipinski definition) is 1. The van der Waals surface area contributed by atoms with E-state index in [1.54, 1.807) is 6.07 Å². The lowest BCUT2D eigenvalue weighted by molar-refractivity contribution is 0.0555. The van der Waals surface area contributed by atoms with Crippen LogP contribution in [0.25, 0.3) is 10.1 Å². The van der Waals surface area contributed by atoms with Gasteiger partial charge in [-0.25, -0.2) is 4.39 Å². The van der Waals surface area contributed by atoms with E-state index >= 15 is 0 Å². The summed E-state index contributed by atoms with van der Waals surface area (Å²) in [5.41, 5.74) is 1.87. The first-order chi connectivity index (χ1) is 16.6. The van der Waals surface area contributed by atoms with Gasteiger partial charge in [0.2, 0.25) is 0 Å². The molecule has 176 valence electrons. The summed E-state index contributed by atoms with van der Waals surface area (Å²) in [6.07, 6.45) is 4.33. The molecule has 3 aliphatic rings. The molecule has 7 heteroatoms. The molecule has 2 saturated heterocycles. The Kier molecular flexibility index (Phi) is 5.62. The molecule has 0 radical (unpaired) electrons. The van der Waals surface area contributed by atoms with Gasteiger partial charge in [0.05, 0.1) is 4.88 Å². The van der Waals surface area contributed by atoms with Crippen LogP contribution in [0, 0.1) is 5.82 Å². The number of fused-ring (bicyclic) bond motifs is 1. The number of amides is 2. The predicted octanol–water partition coefficient (Wildman–Crippen LogP) is 4.64. The third-order valence-electron chi connectivity index (χ3n) is 7.53. The van der Waals surface area contributed by atoms with E-state index in [9.17, 15) is 14.0 Å². The Hall–Kier alpha value is -2.77. The average Bonchev–Trinajstić information content (AvgIpc) is 3.39. The summed E-state index contributed by atoms with van der Waals surface area (Å²) in [6.45, 7) is 2.80. The highest BCUT2D eigenvalue weighted by Gasteiger charge is 2.38. The number of likely N-dealkylation sites (tertiary alicyclic amines) is 2. The Morgan fingerprint density at radius 3 is 2.41 bits per heavy atom. The first kappa shape index (κ1) is 21.7. The van der Waals surface area contributed by atoms with E-state index in [1.165, 1.54) is 23.8 Å². The maximum atomic E-state index is 13.8. The quantitative estimate of drug-likeness (QED) is 0.583. The molecular formula is C27H28FN3O2S. The van der Waals surface area contributed by atoms with Gasteiger partial charge < -0.3 is 15.1 Å². The van der Waals surface area contributed by atoms with E-state index in [-0.39, 0.29) is 29.7 Å². The molecule has 6 rings (SSSR count). The highest BCUT2D eigenvalue weighted by molar-refractivity contribution is 7.21. The number of nitrogens with zero attached hydrogens (tertiary/aromatic N) is 2. The standard InChI is InChI=1S/C27H28FN3O2S/c28-19-9-10-22-23(13-19)34-25(24(22)17-7-4-8-17)27(33)31-15-21(16-31)29-20-11-12-30(14-20)26(32)18-5-2-1-3-6-18/h1-3,5-6,9-10,13,17,20-21,29H,4,7-8,11-12,14-16H2/t20-/m0/s1. The monoisotopic (exact) mass is 477 g/mol. The summed E-state index contributed by atoms with van der Waals surface area (Å²) in [5.74, 6) is 0.325. The number of hydrogen-bond acceptors (Lipinski definition) is 4. The second-order valence-corrected chi connectivity index (χ2v) is 10.8. The molecule has 1 saturated carbocycles. The Morgan fingerprint density at radius 1 is 0.912 bits per heavy atom. The molecule has 2 amide bonds. The summed E-state index contributed by atoms with van der Waals surface area (Å²) in [6, 6.07) is 14.8. The van der Waals surface area contributed by atoms with Crippen LogP contribution in [-0.2, 0) is 0 Å². The molecule has 3 aromatic rings. The van der Waals surface area contributed by atoms with E-state index in [0.29, 0.717) is 25.6 Å². The fourth-order valence-electron chi connectivity index (χ4n) is 5.42. The van der Waals surface area contributed by atoms with Gasteiger partial charge in [0, 0.05) is 48.5 Å². The zero-order valence-electron chi connectivity index (χ0n) is 19.0. The van der Waals surface area contributed by atoms with Crippen LogP contribution in [-0.4, -0.2) is 59.9 Å². The maximum Gasteiger partial charge on any atom is 0.264 e. The zero-order chi connectivity index (χ0) is 23.2. The Balaban J connectivity index is 1.08. The van der Waals surface area contributed by atoms with Gasteiger partial charge in [-0.2, -0.15) is 0 Å². The summed E-state index contributed by atoms with van der Waals surface area (Å²) in [7, 11) is 0. The van der Waals surface area contributed by atoms with Crippen LogP contribution < -0.4 is 5.32 Å². The van der Waals surface area contributed by atoms with Gasteiger partial charge in [0.25, 0.3) is 11.8 Å². The van der Waals surface area contributed by atoms with Gasteiger partial charge in [0.15, 0.2) is 0 Å². The zero-order valence-corrected chi connectivity index (χ0v) is 19.8. The molecule has 34 heavy (non-hydrogen) atoms. The average molecular weight is 478 g/mol. The molecule has 1 atom stereocenters. The minimum atomic E-state index is -0.252. The molecule has 3 fully saturated rings. The smallest absolute Gasteiger partial charge is 0.264 e. The van der Waals surface area contributed by atoms with Crippen molar-refractivity contribution in [2.75, 3.05) is 26.2 Å². The summed E-state index contributed by atoms with van der Waals surface area (Å²) in [4.78, 5) is 30.7. The molecule has 2 aromatic carbocycles. The van der Waals surface area contributed by atoms with Crippen molar-refractivity contribution in [2.45, 2.75) is 43.7 Å². The van der Waals surface area contributed by atoms with Crippen molar-refractivity contribution in [3.05, 3.63) is 70.4 Å². The van der Waals surface area contributed by atoms with Crippen molar-refractivity contribution in [2.24, 2.45) is 0 Å². The second-order valence-electron chi connectivity index (χ2n) is 9.79. The lowest BCUT2D eigenvalue weighted by atomic mass is 9.78. The van der Waals surface area contributed by atoms with Gasteiger partial charge in [-0.05, 0) is 60.4 Å². The summed E-state index contributed by atoms with van der Waals surface area (Å²) >= 11 is 1.44. The minimum Gasteiger partial charge on any atom is -0.337 e. The minimum absolute atomic E-state index is 0.0777. The van der Waals surface area contributed by atoms with Crippen molar-refractivity contribution in [1.29, 1.82) is 0 Å². The van der Waals surface area contributed by atoms with Gasteiger partial charge >= 0.3 is 0 Å². The maximum absolute atomic E-state index is 13.8. The van der Waals surface area contributed by atoms with Gasteiger partial charge in [-0.15, -0.1) is 11.3 Å². The third-order valence-corrected chi connectivity index (χ3v) is 8.69. The van der Waals surface area contributed by atoms with Crippen molar-refractivity contribution < 1.29 is 14.0 Å². The Bertz CT molecular complexity index is 1230. The van der Waals surface area contributed by atoms with Crippen LogP contribution >= 0.6 is 11.3 Å². The number of benzene rings is 2. The van der Waals surface area contributed by atoms with E-state index in [4.69, 9.17) is 0 Å². The van der Waals surface area contributed by atoms with Crippen molar-refractivity contribution in [3.8, 4) is 0 Å². The third kappa shape index (κ3) is 3.91. The SMILES string of the molecule is O=C(c1ccccc1)N1CC[C@H](NC2CN(C(=O)c3sc4cc(F)ccc4c3C3CCC3)C2)C1. The fraction of sp³-hybridized carbons (Fsp3) is 0.407. The molecule has 1 N–H and O–H groups in total. The summed E-state index contributed by atoms with van der Waals surface area (Å²) in [5, 5.41) is 4.69. The largest absolute Gasteiger partial charge is 0.337 e. The first-order valence-electron chi connectivity index (χ1n) is 12.2. The number of thiophene rings is 1. The topological polar surface area (TPSA) is 52.7 Å². The van der Waals surface area contributed by atoms with Crippen LogP contribution in [0.15, 0.2) is 48.5 Å². The number of nitrogens with one attached hydrogen (secondary N) is 1. The van der Waals surface area contributed by atoms with Crippen LogP contribution in [0.4, 0.5) is 4.39 Å². The van der Waals surface area contributed by atoms with E-state index in [1.807, 2.05) is 46.2 Å². The molecule has 1 aliphatic carbocycles. The highest BCUT2D eigenvalue weighted by Crippen LogP contribution is 2.45. The van der Waals surface area contributed by atoms with Gasteiger partial charge in [-0.3, -0.25) is 9.59 Å². The van der Waals surface area contributed by atoms with Crippen molar-refractivity contribution in [3.63, 3.8) is 0 Å². The number of carbonyl (C=O) groups is 2. The molecule has 0 spiro atoms. The van der Waals surface area contributed by atoms with E-state index in [2.05, 4.69) is 5.32 Å². The lowest BCUT2D eigenvalue weighted by Gasteiger charge is -2.41. The van der Waals surface area contributed by atoms with Gasteiger partial charge in [-0.1, -0.05) is 30.7 Å². The molecule has 0 unspecified atom stereocenters. The van der Waals surface area contributed by atoms with Crippen molar-refractivity contribution >= 4 is 33.2 Å². The Morgan fingerprint density at radius 2 is 1.68 bits per heavy atom. The molecule has 5 nitrogen and oxygen atoms in total. The molecule has 0 bridgehead atoms. The molecule has 3 heterocycles. The Labute approximate surface area is 202 Å². The van der Waals surface area contributed by atoms with Crippen LogP contribution in [0.5, 0.6) is 0 Å². The number of rotatable bonds is 5. The molecule has 2 aliphatic heterocycles. The predicted molar refractivity (Wildman–Crippen MR) is 132 cm³/mol. The van der Waals surface area contributed by atoms with Gasteiger partial charge in [0.1, 0.15) is 5.82 Å². The van der Waals surface area contributed by atoms with Crippen molar-refractivity contribution in [1.82, 2.24) is 15.1 Å². The first-order valence-corrected chi connectivity index (χ1v) is 13.0. The van der Waals surface area contributed by atoms with Crippen LogP contribution in [0.3, 0.4) is 0 Å². The number of carbonyl (C=O) groups excluding carboxylic acids is 2. The van der Waals surface area contributed by atoms with Crippen LogP contribution in [0.1, 0.15) is 57.2 Å². The van der Waals surface area contributed by atoms with Crippen LogP contribution in [0.2, 0.25) is 0 Å². The summed E-state index contributed by atoms with van der Waals surface area (Å²) < 4.78 is 14.7.